The Morgan fingerprint density at radius 2 is 2.50 bits per heavy atom. The molecule has 0 atom stereocenters. The van der Waals surface area contributed by atoms with Gasteiger partial charge in [-0.15, -0.1) is 5.10 Å². The van der Waals surface area contributed by atoms with Crippen molar-refractivity contribution in [2.45, 2.75) is 6.42 Å². The molecule has 0 radical (unpaired) electrons. The zero-order valence-electron chi connectivity index (χ0n) is 8.03. The van der Waals surface area contributed by atoms with Crippen LogP contribution in [0.1, 0.15) is 12.0 Å². The summed E-state index contributed by atoms with van der Waals surface area (Å²) in [5.41, 5.74) is 0.546. The highest BCUT2D eigenvalue weighted by Gasteiger charge is 2.00. The van der Waals surface area contributed by atoms with Crippen molar-refractivity contribution in [1.82, 2.24) is 10.2 Å². The van der Waals surface area contributed by atoms with Crippen LogP contribution in [0.5, 0.6) is 0 Å². The molecule has 1 rings (SSSR count). The van der Waals surface area contributed by atoms with E-state index in [2.05, 4.69) is 27.8 Å². The highest BCUT2D eigenvalue weighted by atomic mass is 32.2. The van der Waals surface area contributed by atoms with E-state index in [1.54, 1.807) is 17.8 Å². The minimum absolute atomic E-state index is 0.546. The van der Waals surface area contributed by atoms with Crippen LogP contribution in [0.15, 0.2) is 12.3 Å². The third kappa shape index (κ3) is 3.23. The normalized spacial score (nSPS) is 9.43. The van der Waals surface area contributed by atoms with E-state index in [-0.39, 0.29) is 0 Å². The zero-order valence-corrected chi connectivity index (χ0v) is 8.84. The fraction of sp³-hybridized carbons (Fsp3) is 0.444. The second-order valence-corrected chi connectivity index (χ2v) is 3.66. The Morgan fingerprint density at radius 1 is 1.64 bits per heavy atom. The van der Waals surface area contributed by atoms with Crippen LogP contribution in [0, 0.1) is 11.3 Å². The van der Waals surface area contributed by atoms with Crippen molar-refractivity contribution >= 4 is 17.6 Å². The topological polar surface area (TPSA) is 61.6 Å². The third-order valence-corrected chi connectivity index (χ3v) is 2.36. The number of hydrogen-bond acceptors (Lipinski definition) is 5. The van der Waals surface area contributed by atoms with Gasteiger partial charge < -0.3 is 5.32 Å². The van der Waals surface area contributed by atoms with Gasteiger partial charge in [0, 0.05) is 6.54 Å². The second-order valence-electron chi connectivity index (χ2n) is 2.68. The van der Waals surface area contributed by atoms with Crippen LogP contribution < -0.4 is 5.32 Å². The van der Waals surface area contributed by atoms with Crippen molar-refractivity contribution in [2.24, 2.45) is 0 Å². The van der Waals surface area contributed by atoms with Gasteiger partial charge in [0.15, 0.2) is 5.82 Å². The van der Waals surface area contributed by atoms with Gasteiger partial charge in [-0.25, -0.2) is 0 Å². The maximum Gasteiger partial charge on any atom is 0.166 e. The molecule has 0 aliphatic rings. The van der Waals surface area contributed by atoms with Gasteiger partial charge in [-0.05, 0) is 24.5 Å². The van der Waals surface area contributed by atoms with Gasteiger partial charge in [-0.1, -0.05) is 0 Å². The molecule has 1 aromatic rings. The lowest BCUT2D eigenvalue weighted by atomic mass is 10.3. The molecule has 4 nitrogen and oxygen atoms in total. The Kier molecular flexibility index (Phi) is 4.79. The molecule has 0 unspecified atom stereocenters. The van der Waals surface area contributed by atoms with Gasteiger partial charge in [0.1, 0.15) is 6.07 Å². The molecule has 5 heteroatoms. The minimum atomic E-state index is 0.546. The molecule has 74 valence electrons. The van der Waals surface area contributed by atoms with E-state index in [0.717, 1.165) is 18.7 Å². The first-order valence-corrected chi connectivity index (χ1v) is 5.72. The van der Waals surface area contributed by atoms with Gasteiger partial charge >= 0.3 is 0 Å². The largest absolute Gasteiger partial charge is 0.367 e. The number of thioether (sulfide) groups is 1. The van der Waals surface area contributed by atoms with Crippen molar-refractivity contribution < 1.29 is 0 Å². The fourth-order valence-electron chi connectivity index (χ4n) is 0.976. The molecule has 0 aromatic carbocycles. The molecular formula is C9H12N4S. The molecule has 1 heterocycles. The summed E-state index contributed by atoms with van der Waals surface area (Å²) in [4.78, 5) is 0. The van der Waals surface area contributed by atoms with Crippen LogP contribution in [0.4, 0.5) is 5.82 Å². The van der Waals surface area contributed by atoms with Crippen LogP contribution in [-0.4, -0.2) is 28.8 Å². The number of anilines is 1. The summed E-state index contributed by atoms with van der Waals surface area (Å²) in [5.74, 6) is 1.69. The molecule has 1 aromatic heterocycles. The summed E-state index contributed by atoms with van der Waals surface area (Å²) in [5, 5.41) is 19.4. The number of hydrogen-bond donors (Lipinski definition) is 1. The smallest absolute Gasteiger partial charge is 0.166 e. The van der Waals surface area contributed by atoms with Crippen molar-refractivity contribution in [3.8, 4) is 6.07 Å². The van der Waals surface area contributed by atoms with E-state index in [4.69, 9.17) is 5.26 Å². The van der Waals surface area contributed by atoms with Gasteiger partial charge in [0.25, 0.3) is 0 Å². The number of nitrogens with one attached hydrogen (secondary N) is 1. The molecule has 0 amide bonds. The highest BCUT2D eigenvalue weighted by molar-refractivity contribution is 7.98. The van der Waals surface area contributed by atoms with E-state index in [9.17, 15) is 0 Å². The molecule has 0 saturated heterocycles. The molecule has 0 bridgehead atoms. The Morgan fingerprint density at radius 3 is 3.21 bits per heavy atom. The lowest BCUT2D eigenvalue weighted by molar-refractivity contribution is 0.949. The lowest BCUT2D eigenvalue weighted by Crippen LogP contribution is -2.06. The zero-order chi connectivity index (χ0) is 10.2. The van der Waals surface area contributed by atoms with Gasteiger partial charge in [0.2, 0.25) is 0 Å². The molecular weight excluding hydrogens is 196 g/mol. The van der Waals surface area contributed by atoms with E-state index in [1.807, 2.05) is 0 Å². The van der Waals surface area contributed by atoms with Gasteiger partial charge in [-0.2, -0.15) is 22.1 Å². The average Bonchev–Trinajstić information content (AvgIpc) is 2.25. The molecule has 0 spiro atoms. The first kappa shape index (κ1) is 10.8. The predicted molar refractivity (Wildman–Crippen MR) is 58.2 cm³/mol. The van der Waals surface area contributed by atoms with E-state index in [0.29, 0.717) is 11.4 Å². The second kappa shape index (κ2) is 6.22. The standard InChI is InChI=1S/C9H12N4S/c1-14-6-2-4-11-9-8(7-10)3-5-12-13-9/h3,5H,2,4,6H2,1H3,(H,11,13). The summed E-state index contributed by atoms with van der Waals surface area (Å²) < 4.78 is 0. The van der Waals surface area contributed by atoms with E-state index >= 15 is 0 Å². The highest BCUT2D eigenvalue weighted by Crippen LogP contribution is 2.08. The number of nitrogens with zero attached hydrogens (tertiary/aromatic N) is 3. The number of aromatic nitrogens is 2. The molecule has 0 aliphatic carbocycles. The van der Waals surface area contributed by atoms with Crippen LogP contribution in [0.2, 0.25) is 0 Å². The minimum Gasteiger partial charge on any atom is -0.367 e. The Hall–Kier alpha value is -1.28. The lowest BCUT2D eigenvalue weighted by Gasteiger charge is -2.04. The monoisotopic (exact) mass is 208 g/mol. The van der Waals surface area contributed by atoms with Crippen LogP contribution >= 0.6 is 11.8 Å². The quantitative estimate of drug-likeness (QED) is 0.743. The van der Waals surface area contributed by atoms with Gasteiger partial charge in [0.05, 0.1) is 11.8 Å². The Labute approximate surface area is 87.7 Å². The summed E-state index contributed by atoms with van der Waals surface area (Å²) in [6, 6.07) is 3.72. The summed E-state index contributed by atoms with van der Waals surface area (Å²) in [7, 11) is 0. The maximum absolute atomic E-state index is 8.76. The molecule has 0 saturated carbocycles. The summed E-state index contributed by atoms with van der Waals surface area (Å²) in [6.45, 7) is 0.828. The summed E-state index contributed by atoms with van der Waals surface area (Å²) >= 11 is 1.81. The van der Waals surface area contributed by atoms with Crippen molar-refractivity contribution in [1.29, 1.82) is 5.26 Å². The van der Waals surface area contributed by atoms with Crippen molar-refractivity contribution in [2.75, 3.05) is 23.9 Å². The first-order chi connectivity index (χ1) is 6.88. The van der Waals surface area contributed by atoms with Crippen LogP contribution in [0.25, 0.3) is 0 Å². The van der Waals surface area contributed by atoms with Crippen molar-refractivity contribution in [3.63, 3.8) is 0 Å². The molecule has 14 heavy (non-hydrogen) atoms. The molecule has 0 aliphatic heterocycles. The van der Waals surface area contributed by atoms with Gasteiger partial charge in [-0.3, -0.25) is 0 Å². The van der Waals surface area contributed by atoms with Crippen LogP contribution in [-0.2, 0) is 0 Å². The summed E-state index contributed by atoms with van der Waals surface area (Å²) in [6.07, 6.45) is 4.65. The predicted octanol–water partition coefficient (Wildman–Crippen LogP) is 1.51. The average molecular weight is 208 g/mol. The van der Waals surface area contributed by atoms with E-state index in [1.165, 1.54) is 6.20 Å². The maximum atomic E-state index is 8.76. The molecule has 1 N–H and O–H groups in total. The first-order valence-electron chi connectivity index (χ1n) is 4.33. The third-order valence-electron chi connectivity index (χ3n) is 1.66. The Balaban J connectivity index is 2.46. The number of rotatable bonds is 5. The number of nitriles is 1. The van der Waals surface area contributed by atoms with Crippen LogP contribution in [0.3, 0.4) is 0 Å². The van der Waals surface area contributed by atoms with E-state index < -0.39 is 0 Å². The molecule has 0 fully saturated rings. The Bertz CT molecular complexity index is 321. The fourth-order valence-corrected chi connectivity index (χ4v) is 1.41. The van der Waals surface area contributed by atoms with Crippen molar-refractivity contribution in [3.05, 3.63) is 17.8 Å². The SMILES string of the molecule is CSCCCNc1nnccc1C#N.